The molecule has 7 heteroatoms. The fraction of sp³-hybridized carbons (Fsp3) is 0.154. The van der Waals surface area contributed by atoms with Gasteiger partial charge in [0.15, 0.2) is 12.2 Å². The van der Waals surface area contributed by atoms with E-state index in [1.165, 1.54) is 6.39 Å². The molecule has 7 nitrogen and oxygen atoms in total. The van der Waals surface area contributed by atoms with E-state index in [4.69, 9.17) is 15.4 Å². The van der Waals surface area contributed by atoms with Crippen LogP contribution in [0.2, 0.25) is 0 Å². The molecule has 2 aromatic rings. The van der Waals surface area contributed by atoms with Gasteiger partial charge in [0.25, 0.3) is 5.91 Å². The lowest BCUT2D eigenvalue weighted by molar-refractivity contribution is 0.0917. The number of benzene rings is 1. The van der Waals surface area contributed by atoms with Crippen LogP contribution in [0, 0.1) is 6.92 Å². The lowest BCUT2D eigenvalue weighted by atomic mass is 10.1. The van der Waals surface area contributed by atoms with Gasteiger partial charge in [-0.2, -0.15) is 0 Å². The number of rotatable bonds is 4. The van der Waals surface area contributed by atoms with Gasteiger partial charge in [-0.15, -0.1) is 0 Å². The van der Waals surface area contributed by atoms with Crippen LogP contribution in [0.4, 0.5) is 0 Å². The first-order valence-electron chi connectivity index (χ1n) is 5.86. The third-order valence-corrected chi connectivity index (χ3v) is 2.77. The van der Waals surface area contributed by atoms with E-state index in [1.54, 1.807) is 31.2 Å². The SMILES string of the molecule is Cc1ncoc1C(=O)NC(/C(N)=N/O)c1ccccc1. The maximum atomic E-state index is 12.1. The minimum Gasteiger partial charge on any atom is -0.438 e. The van der Waals surface area contributed by atoms with Gasteiger partial charge in [0.1, 0.15) is 6.04 Å². The summed E-state index contributed by atoms with van der Waals surface area (Å²) in [6.45, 7) is 1.65. The van der Waals surface area contributed by atoms with Gasteiger partial charge in [0.05, 0.1) is 5.69 Å². The monoisotopic (exact) mass is 274 g/mol. The smallest absolute Gasteiger partial charge is 0.289 e. The molecule has 2 rings (SSSR count). The standard InChI is InChI=1S/C13H14N4O3/c1-8-11(20-7-15-8)13(18)16-10(12(14)17-19)9-5-3-2-4-6-9/h2-7,10,19H,1H3,(H2,14,17)(H,16,18). The molecule has 0 aliphatic heterocycles. The van der Waals surface area contributed by atoms with E-state index in [2.05, 4.69) is 15.5 Å². The van der Waals surface area contributed by atoms with E-state index in [1.807, 2.05) is 6.07 Å². The summed E-state index contributed by atoms with van der Waals surface area (Å²) in [4.78, 5) is 15.9. The molecular weight excluding hydrogens is 260 g/mol. The Morgan fingerprint density at radius 3 is 2.70 bits per heavy atom. The number of oxime groups is 1. The Morgan fingerprint density at radius 2 is 2.15 bits per heavy atom. The van der Waals surface area contributed by atoms with Crippen LogP contribution < -0.4 is 11.1 Å². The molecule has 0 saturated carbocycles. The second kappa shape index (κ2) is 5.87. The number of nitrogens with zero attached hydrogens (tertiary/aromatic N) is 2. The fourth-order valence-electron chi connectivity index (χ4n) is 1.75. The number of oxazole rings is 1. The summed E-state index contributed by atoms with van der Waals surface area (Å²) in [6, 6.07) is 8.18. The van der Waals surface area contributed by atoms with Crippen molar-refractivity contribution in [1.29, 1.82) is 0 Å². The van der Waals surface area contributed by atoms with E-state index < -0.39 is 11.9 Å². The maximum absolute atomic E-state index is 12.1. The van der Waals surface area contributed by atoms with Gasteiger partial charge in [-0.05, 0) is 12.5 Å². The van der Waals surface area contributed by atoms with Gasteiger partial charge < -0.3 is 20.7 Å². The molecule has 4 N–H and O–H groups in total. The molecule has 1 heterocycles. The highest BCUT2D eigenvalue weighted by Gasteiger charge is 2.22. The highest BCUT2D eigenvalue weighted by molar-refractivity contribution is 5.97. The zero-order valence-corrected chi connectivity index (χ0v) is 10.8. The van der Waals surface area contributed by atoms with Crippen molar-refractivity contribution in [2.45, 2.75) is 13.0 Å². The third kappa shape index (κ3) is 2.77. The van der Waals surface area contributed by atoms with E-state index >= 15 is 0 Å². The quantitative estimate of drug-likeness (QED) is 0.335. The Kier molecular flexibility index (Phi) is 3.99. The number of nitrogens with two attached hydrogens (primary N) is 1. The van der Waals surface area contributed by atoms with Crippen LogP contribution in [0.25, 0.3) is 0 Å². The number of aryl methyl sites for hydroxylation is 1. The molecular formula is C13H14N4O3. The molecule has 0 saturated heterocycles. The Hall–Kier alpha value is -2.83. The van der Waals surface area contributed by atoms with Crippen LogP contribution in [-0.2, 0) is 0 Å². The summed E-state index contributed by atoms with van der Waals surface area (Å²) in [5.41, 5.74) is 6.78. The molecule has 1 unspecified atom stereocenters. The van der Waals surface area contributed by atoms with Gasteiger partial charge in [-0.25, -0.2) is 4.98 Å². The molecule has 1 aromatic heterocycles. The molecule has 1 aromatic carbocycles. The number of nitrogens with one attached hydrogen (secondary N) is 1. The van der Waals surface area contributed by atoms with Crippen molar-refractivity contribution >= 4 is 11.7 Å². The normalized spacial score (nSPS) is 12.9. The fourth-order valence-corrected chi connectivity index (χ4v) is 1.75. The van der Waals surface area contributed by atoms with E-state index in [9.17, 15) is 4.79 Å². The lowest BCUT2D eigenvalue weighted by Crippen LogP contribution is -2.37. The summed E-state index contributed by atoms with van der Waals surface area (Å²) in [5, 5.41) is 14.4. The summed E-state index contributed by atoms with van der Waals surface area (Å²) in [6.07, 6.45) is 1.19. The summed E-state index contributed by atoms with van der Waals surface area (Å²) in [7, 11) is 0. The van der Waals surface area contributed by atoms with Crippen molar-refractivity contribution in [2.24, 2.45) is 10.9 Å². The molecule has 0 bridgehead atoms. The average Bonchev–Trinajstić information content (AvgIpc) is 2.91. The van der Waals surface area contributed by atoms with Crippen molar-refractivity contribution in [3.05, 3.63) is 53.7 Å². The Bertz CT molecular complexity index is 622. The molecule has 0 radical (unpaired) electrons. The molecule has 1 atom stereocenters. The third-order valence-electron chi connectivity index (χ3n) is 2.77. The number of carbonyl (C=O) groups excluding carboxylic acids is 1. The molecule has 0 aliphatic rings. The summed E-state index contributed by atoms with van der Waals surface area (Å²) >= 11 is 0. The minimum atomic E-state index is -0.752. The van der Waals surface area contributed by atoms with Crippen LogP contribution in [0.3, 0.4) is 0 Å². The second-order valence-corrected chi connectivity index (χ2v) is 4.11. The van der Waals surface area contributed by atoms with Crippen molar-refractivity contribution in [1.82, 2.24) is 10.3 Å². The van der Waals surface area contributed by atoms with E-state index in [0.29, 0.717) is 11.3 Å². The number of carbonyl (C=O) groups is 1. The first kappa shape index (κ1) is 13.6. The van der Waals surface area contributed by atoms with Crippen molar-refractivity contribution in [2.75, 3.05) is 0 Å². The highest BCUT2D eigenvalue weighted by atomic mass is 16.4. The van der Waals surface area contributed by atoms with Crippen molar-refractivity contribution < 1.29 is 14.4 Å². The number of aromatic nitrogens is 1. The number of hydrogen-bond acceptors (Lipinski definition) is 5. The number of amides is 1. The summed E-state index contributed by atoms with van der Waals surface area (Å²) < 4.78 is 5.01. The zero-order valence-electron chi connectivity index (χ0n) is 10.8. The maximum Gasteiger partial charge on any atom is 0.289 e. The van der Waals surface area contributed by atoms with Gasteiger partial charge >= 0.3 is 0 Å². The predicted molar refractivity (Wildman–Crippen MR) is 71.3 cm³/mol. The first-order valence-corrected chi connectivity index (χ1v) is 5.86. The molecule has 20 heavy (non-hydrogen) atoms. The topological polar surface area (TPSA) is 114 Å². The highest BCUT2D eigenvalue weighted by Crippen LogP contribution is 2.14. The lowest BCUT2D eigenvalue weighted by Gasteiger charge is -2.17. The molecule has 1 amide bonds. The summed E-state index contributed by atoms with van der Waals surface area (Å²) in [5.74, 6) is -0.515. The van der Waals surface area contributed by atoms with Crippen LogP contribution >= 0.6 is 0 Å². The number of hydrogen-bond donors (Lipinski definition) is 3. The second-order valence-electron chi connectivity index (χ2n) is 4.11. The van der Waals surface area contributed by atoms with Crippen LogP contribution in [0.15, 0.2) is 46.3 Å². The molecule has 0 aliphatic carbocycles. The van der Waals surface area contributed by atoms with E-state index in [0.717, 1.165) is 0 Å². The van der Waals surface area contributed by atoms with E-state index in [-0.39, 0.29) is 11.6 Å². The van der Waals surface area contributed by atoms with Crippen molar-refractivity contribution in [3.63, 3.8) is 0 Å². The average molecular weight is 274 g/mol. The van der Waals surface area contributed by atoms with Crippen LogP contribution in [0.5, 0.6) is 0 Å². The Morgan fingerprint density at radius 1 is 1.45 bits per heavy atom. The van der Waals surface area contributed by atoms with Crippen LogP contribution in [-0.4, -0.2) is 21.9 Å². The van der Waals surface area contributed by atoms with Crippen LogP contribution in [0.1, 0.15) is 27.9 Å². The molecule has 0 fully saturated rings. The van der Waals surface area contributed by atoms with Crippen molar-refractivity contribution in [3.8, 4) is 0 Å². The minimum absolute atomic E-state index is 0.0941. The first-order chi connectivity index (χ1) is 9.63. The number of amidine groups is 1. The van der Waals surface area contributed by atoms with Gasteiger partial charge in [0, 0.05) is 0 Å². The predicted octanol–water partition coefficient (Wildman–Crippen LogP) is 1.20. The van der Waals surface area contributed by atoms with Gasteiger partial charge in [0.2, 0.25) is 5.76 Å². The molecule has 104 valence electrons. The molecule has 0 spiro atoms. The largest absolute Gasteiger partial charge is 0.438 e. The van der Waals surface area contributed by atoms with Gasteiger partial charge in [-0.1, -0.05) is 35.5 Å². The zero-order chi connectivity index (χ0) is 14.5. The Labute approximate surface area is 115 Å². The van der Waals surface area contributed by atoms with Gasteiger partial charge in [-0.3, -0.25) is 4.79 Å². The Balaban J connectivity index is 2.26.